The van der Waals surface area contributed by atoms with E-state index in [0.717, 1.165) is 6.20 Å². The van der Waals surface area contributed by atoms with Crippen molar-refractivity contribution >= 4 is 11.6 Å². The second kappa shape index (κ2) is 3.81. The van der Waals surface area contributed by atoms with E-state index in [1.807, 2.05) is 0 Å². The summed E-state index contributed by atoms with van der Waals surface area (Å²) in [6.07, 6.45) is -3.27. The van der Waals surface area contributed by atoms with Gasteiger partial charge in [-0.2, -0.15) is 17.9 Å². The van der Waals surface area contributed by atoms with Crippen LogP contribution in [0, 0.1) is 0 Å². The third-order valence-electron chi connectivity index (χ3n) is 2.05. The lowest BCUT2D eigenvalue weighted by Crippen LogP contribution is -2.38. The summed E-state index contributed by atoms with van der Waals surface area (Å²) in [7, 11) is 1.56. The molecule has 0 spiro atoms. The highest BCUT2D eigenvalue weighted by molar-refractivity contribution is 6.17. The Balaban J connectivity index is 3.31. The van der Waals surface area contributed by atoms with Gasteiger partial charge >= 0.3 is 6.18 Å². The van der Waals surface area contributed by atoms with Gasteiger partial charge in [0.25, 0.3) is 0 Å². The van der Waals surface area contributed by atoms with Crippen LogP contribution in [0.25, 0.3) is 0 Å². The van der Waals surface area contributed by atoms with Crippen molar-refractivity contribution in [1.29, 1.82) is 0 Å². The Morgan fingerprint density at radius 2 is 2.07 bits per heavy atom. The molecule has 0 saturated carbocycles. The minimum Gasteiger partial charge on any atom is -0.166 e. The molecule has 0 aliphatic heterocycles. The monoisotopic (exact) mass is 227 g/mol. The highest BCUT2D eigenvalue weighted by atomic mass is 35.5. The predicted molar refractivity (Wildman–Crippen MR) is 45.8 cm³/mol. The van der Waals surface area contributed by atoms with Crippen LogP contribution in [0.1, 0.15) is 18.2 Å². The lowest BCUT2D eigenvalue weighted by atomic mass is 10.2. The molecule has 14 heavy (non-hydrogen) atoms. The van der Waals surface area contributed by atoms with Crippen LogP contribution in [-0.2, 0) is 25.6 Å². The maximum Gasteiger partial charge on any atom is 0.424 e. The van der Waals surface area contributed by atoms with E-state index in [1.165, 1.54) is 9.36 Å². The molecule has 0 fully saturated rings. The summed E-state index contributed by atoms with van der Waals surface area (Å²) in [5, 5.41) is 0. The van der Waals surface area contributed by atoms with Crippen molar-refractivity contribution in [2.45, 2.75) is 25.5 Å². The molecular weight excluding hydrogens is 217 g/mol. The summed E-state index contributed by atoms with van der Waals surface area (Å²) in [6, 6.07) is 0. The van der Waals surface area contributed by atoms with Crippen LogP contribution >= 0.6 is 11.6 Å². The number of aromatic nitrogens is 2. The Kier molecular flexibility index (Phi) is 3.09. The minimum atomic E-state index is -4.33. The molecule has 0 saturated heterocycles. The fraction of sp³-hybridized carbons (Fsp3) is 0.625. The topological polar surface area (TPSA) is 8.81 Å². The van der Waals surface area contributed by atoms with Crippen LogP contribution in [-0.4, -0.2) is 4.68 Å². The van der Waals surface area contributed by atoms with Crippen molar-refractivity contribution in [1.82, 2.24) is 4.68 Å². The quantitative estimate of drug-likeness (QED) is 0.541. The number of hydrogen-bond donors (Lipinski definition) is 0. The fourth-order valence-corrected chi connectivity index (χ4v) is 1.73. The molecule has 80 valence electrons. The molecule has 0 bridgehead atoms. The van der Waals surface area contributed by atoms with Gasteiger partial charge in [-0.1, -0.05) is 0 Å². The molecule has 6 heteroatoms. The number of alkyl halides is 4. The summed E-state index contributed by atoms with van der Waals surface area (Å²) >= 11 is 5.50. The third-order valence-corrected chi connectivity index (χ3v) is 2.30. The second-order valence-electron chi connectivity index (χ2n) is 2.91. The average molecular weight is 228 g/mol. The molecule has 0 unspecified atom stereocenters. The van der Waals surface area contributed by atoms with E-state index in [-0.39, 0.29) is 11.6 Å². The van der Waals surface area contributed by atoms with E-state index in [1.54, 1.807) is 14.0 Å². The van der Waals surface area contributed by atoms with Gasteiger partial charge in [-0.15, -0.1) is 16.3 Å². The molecule has 1 aromatic rings. The Bertz CT molecular complexity index is 330. The summed E-state index contributed by atoms with van der Waals surface area (Å²) < 4.78 is 40.3. The predicted octanol–water partition coefficient (Wildman–Crippen LogP) is 2.09. The molecule has 1 rings (SSSR count). The standard InChI is InChI=1S/C8H11ClF3N2/c1-3-14-7(4-9)6(5-13(14)2)8(10,11)12/h5H,3-4H2,1-2H3/q+1. The van der Waals surface area contributed by atoms with Crippen molar-refractivity contribution in [3.05, 3.63) is 17.5 Å². The van der Waals surface area contributed by atoms with Gasteiger partial charge in [-0.25, -0.2) is 0 Å². The van der Waals surface area contributed by atoms with Crippen molar-refractivity contribution in [3.8, 4) is 0 Å². The minimum absolute atomic E-state index is 0.115. The number of halogens is 4. The van der Waals surface area contributed by atoms with Gasteiger partial charge in [0.2, 0.25) is 6.20 Å². The highest BCUT2D eigenvalue weighted by Gasteiger charge is 2.39. The lowest BCUT2D eigenvalue weighted by Gasteiger charge is -2.04. The molecule has 1 heterocycles. The first-order chi connectivity index (χ1) is 6.41. The Morgan fingerprint density at radius 1 is 1.50 bits per heavy atom. The van der Waals surface area contributed by atoms with Crippen molar-refractivity contribution < 1.29 is 17.9 Å². The van der Waals surface area contributed by atoms with Crippen LogP contribution in [0.5, 0.6) is 0 Å². The first-order valence-corrected chi connectivity index (χ1v) is 4.66. The number of hydrogen-bond acceptors (Lipinski definition) is 0. The number of rotatable bonds is 2. The molecule has 0 aromatic carbocycles. The maximum absolute atomic E-state index is 12.5. The van der Waals surface area contributed by atoms with Gasteiger partial charge in [0.15, 0.2) is 7.05 Å². The number of aryl methyl sites for hydroxylation is 1. The van der Waals surface area contributed by atoms with Gasteiger partial charge in [-0.05, 0) is 6.92 Å². The lowest BCUT2D eigenvalue weighted by molar-refractivity contribution is -0.754. The molecule has 0 amide bonds. The largest absolute Gasteiger partial charge is 0.424 e. The summed E-state index contributed by atoms with van der Waals surface area (Å²) in [6.45, 7) is 2.24. The van der Waals surface area contributed by atoms with Gasteiger partial charge in [0, 0.05) is 0 Å². The second-order valence-corrected chi connectivity index (χ2v) is 3.18. The Hall–Kier alpha value is -0.710. The Morgan fingerprint density at radius 3 is 2.43 bits per heavy atom. The molecule has 0 atom stereocenters. The van der Waals surface area contributed by atoms with E-state index < -0.39 is 11.7 Å². The van der Waals surface area contributed by atoms with Crippen LogP contribution in [0.15, 0.2) is 6.20 Å². The van der Waals surface area contributed by atoms with E-state index >= 15 is 0 Å². The molecule has 0 aliphatic rings. The van der Waals surface area contributed by atoms with Crippen LogP contribution in [0.2, 0.25) is 0 Å². The number of nitrogens with zero attached hydrogens (tertiary/aromatic N) is 2. The zero-order valence-corrected chi connectivity index (χ0v) is 8.65. The van der Waals surface area contributed by atoms with Gasteiger partial charge in [0.05, 0.1) is 12.4 Å². The van der Waals surface area contributed by atoms with E-state index in [4.69, 9.17) is 11.6 Å². The van der Waals surface area contributed by atoms with Gasteiger partial charge < -0.3 is 0 Å². The van der Waals surface area contributed by atoms with E-state index in [2.05, 4.69) is 0 Å². The van der Waals surface area contributed by atoms with Crippen molar-refractivity contribution in [3.63, 3.8) is 0 Å². The van der Waals surface area contributed by atoms with Crippen LogP contribution < -0.4 is 4.68 Å². The van der Waals surface area contributed by atoms with Crippen LogP contribution in [0.3, 0.4) is 0 Å². The third kappa shape index (κ3) is 1.87. The Labute approximate surface area is 84.9 Å². The average Bonchev–Trinajstić information content (AvgIpc) is 2.40. The van der Waals surface area contributed by atoms with E-state index in [0.29, 0.717) is 6.54 Å². The summed E-state index contributed by atoms with van der Waals surface area (Å²) in [4.78, 5) is 0. The van der Waals surface area contributed by atoms with Crippen molar-refractivity contribution in [2.75, 3.05) is 0 Å². The SMILES string of the molecule is CCn1c(CCl)c(C(F)(F)F)c[n+]1C. The molecule has 2 nitrogen and oxygen atoms in total. The highest BCUT2D eigenvalue weighted by Crippen LogP contribution is 2.31. The molecule has 0 radical (unpaired) electrons. The van der Waals surface area contributed by atoms with Crippen molar-refractivity contribution in [2.24, 2.45) is 7.05 Å². The molecule has 1 aromatic heterocycles. The summed E-state index contributed by atoms with van der Waals surface area (Å²) in [5.41, 5.74) is -0.541. The molecular formula is C8H11ClF3N2+. The molecule has 0 aliphatic carbocycles. The fourth-order valence-electron chi connectivity index (χ4n) is 1.45. The first-order valence-electron chi connectivity index (χ1n) is 4.13. The first kappa shape index (κ1) is 11.4. The summed E-state index contributed by atoms with van der Waals surface area (Å²) in [5.74, 6) is -0.135. The smallest absolute Gasteiger partial charge is 0.166 e. The zero-order chi connectivity index (χ0) is 10.9. The van der Waals surface area contributed by atoms with Gasteiger partial charge in [-0.3, -0.25) is 0 Å². The zero-order valence-electron chi connectivity index (χ0n) is 7.90. The maximum atomic E-state index is 12.5. The van der Waals surface area contributed by atoms with Crippen LogP contribution in [0.4, 0.5) is 13.2 Å². The van der Waals surface area contributed by atoms with Gasteiger partial charge in [0.1, 0.15) is 11.3 Å². The normalized spacial score (nSPS) is 12.1. The molecule has 0 N–H and O–H groups in total. The van der Waals surface area contributed by atoms with E-state index in [9.17, 15) is 13.2 Å².